The van der Waals surface area contributed by atoms with Crippen LogP contribution in [0.25, 0.3) is 0 Å². The Morgan fingerprint density at radius 2 is 2.05 bits per heavy atom. The van der Waals surface area contributed by atoms with E-state index in [4.69, 9.17) is 16.9 Å². The van der Waals surface area contributed by atoms with Crippen LogP contribution in [0.15, 0.2) is 30.3 Å². The van der Waals surface area contributed by atoms with Crippen LogP contribution in [-0.4, -0.2) is 16.7 Å². The minimum atomic E-state index is 0.0537. The van der Waals surface area contributed by atoms with Crippen LogP contribution in [0.4, 0.5) is 0 Å². The average molecular weight is 282 g/mol. The van der Waals surface area contributed by atoms with Crippen LogP contribution >= 0.6 is 11.6 Å². The molecule has 0 unspecified atom stereocenters. The number of aromatic nitrogens is 2. The van der Waals surface area contributed by atoms with Crippen molar-refractivity contribution in [3.8, 4) is 5.97 Å². The van der Waals surface area contributed by atoms with Gasteiger partial charge in [-0.15, -0.1) is 0 Å². The van der Waals surface area contributed by atoms with Crippen LogP contribution < -0.4 is 0 Å². The van der Waals surface area contributed by atoms with Crippen LogP contribution in [0, 0.1) is 11.2 Å². The predicted octanol–water partition coefficient (Wildman–Crippen LogP) is 2.92. The van der Waals surface area contributed by atoms with E-state index in [1.54, 1.807) is 0 Å². The van der Waals surface area contributed by atoms with Crippen molar-refractivity contribution >= 4 is 18.3 Å². The van der Waals surface area contributed by atoms with E-state index >= 15 is 0 Å². The third-order valence-electron chi connectivity index (χ3n) is 3.66. The van der Waals surface area contributed by atoms with Crippen LogP contribution in [0.1, 0.15) is 22.6 Å². The Hall–Kier alpha value is -1.86. The zero-order valence-electron chi connectivity index (χ0n) is 11.0. The van der Waals surface area contributed by atoms with Crippen molar-refractivity contribution in [2.45, 2.75) is 25.5 Å². The third-order valence-corrected chi connectivity index (χ3v) is 3.97. The van der Waals surface area contributed by atoms with Gasteiger partial charge >= 0.3 is 0 Å². The summed E-state index contributed by atoms with van der Waals surface area (Å²) in [5, 5.41) is 9.62. The number of rotatable bonds is 2. The molecule has 0 fully saturated rings. The molecular weight excluding hydrogens is 268 g/mol. The fourth-order valence-electron chi connectivity index (χ4n) is 2.59. The second kappa shape index (κ2) is 5.64. The monoisotopic (exact) mass is 281 g/mol. The number of nitrogens with zero attached hydrogens (tertiary/aromatic N) is 3. The van der Waals surface area contributed by atoms with Crippen LogP contribution in [0.5, 0.6) is 0 Å². The Bertz CT molecular complexity index is 667. The first-order chi connectivity index (χ1) is 9.76. The third kappa shape index (κ3) is 2.68. The van der Waals surface area contributed by atoms with Gasteiger partial charge in [-0.25, -0.2) is 15.2 Å². The summed E-state index contributed by atoms with van der Waals surface area (Å²) in [6.45, 7) is 0.0537. The van der Waals surface area contributed by atoms with Gasteiger partial charge in [-0.3, -0.25) is 0 Å². The van der Waals surface area contributed by atoms with E-state index in [-0.39, 0.29) is 6.71 Å². The Balaban J connectivity index is 1.91. The van der Waals surface area contributed by atoms with Crippen LogP contribution in [0.2, 0.25) is 11.5 Å². The van der Waals surface area contributed by atoms with Crippen molar-refractivity contribution in [3.05, 3.63) is 58.1 Å². The largest absolute Gasteiger partial charge is 0.274 e. The predicted molar refractivity (Wildman–Crippen MR) is 79.9 cm³/mol. The summed E-state index contributed by atoms with van der Waals surface area (Å²) in [6.07, 6.45) is 3.02. The number of hydrogen-bond donors (Lipinski definition) is 0. The summed E-state index contributed by atoms with van der Waals surface area (Å²) in [5.41, 5.74) is 3.14. The normalized spacial score (nSPS) is 13.7. The molecule has 1 aromatic carbocycles. The van der Waals surface area contributed by atoms with E-state index in [9.17, 15) is 0 Å². The summed E-state index contributed by atoms with van der Waals surface area (Å²) >= 11 is 6.27. The Morgan fingerprint density at radius 1 is 1.25 bits per heavy atom. The fourth-order valence-corrected chi connectivity index (χ4v) is 2.89. The molecule has 5 heteroatoms. The number of fused-ring (bicyclic) bond motifs is 1. The average Bonchev–Trinajstić information content (AvgIpc) is 2.47. The molecule has 1 aliphatic rings. The zero-order chi connectivity index (χ0) is 13.9. The lowest BCUT2D eigenvalue weighted by atomic mass is 9.43. The molecule has 3 rings (SSSR count). The smallest absolute Gasteiger partial charge is 0.238 e. The molecule has 2 aromatic rings. The SMILES string of the molecule is N#CB1CCc2c(Cl)nc(Cc3ccccc3)nc2C1. The number of hydrogen-bond acceptors (Lipinski definition) is 3. The van der Waals surface area contributed by atoms with Gasteiger partial charge in [0.1, 0.15) is 11.0 Å². The molecule has 3 nitrogen and oxygen atoms in total. The van der Waals surface area contributed by atoms with Crippen LogP contribution in [-0.2, 0) is 19.2 Å². The van der Waals surface area contributed by atoms with Crippen molar-refractivity contribution in [3.63, 3.8) is 0 Å². The number of nitriles is 1. The summed E-state index contributed by atoms with van der Waals surface area (Å²) in [7, 11) is 0. The van der Waals surface area contributed by atoms with Crippen molar-refractivity contribution < 1.29 is 0 Å². The standard InChI is InChI=1S/C15H13BClN3/c17-15-12-6-7-16(10-18)9-13(12)19-14(20-15)8-11-4-2-1-3-5-11/h1-5H,6-9H2. The van der Waals surface area contributed by atoms with E-state index in [1.165, 1.54) is 0 Å². The number of benzene rings is 1. The Kier molecular flexibility index (Phi) is 3.71. The highest BCUT2D eigenvalue weighted by Gasteiger charge is 2.26. The first kappa shape index (κ1) is 13.1. The maximum absolute atomic E-state index is 9.06. The fraction of sp³-hybridized carbons (Fsp3) is 0.267. The highest BCUT2D eigenvalue weighted by atomic mass is 35.5. The summed E-state index contributed by atoms with van der Waals surface area (Å²) in [4.78, 5) is 9.02. The maximum Gasteiger partial charge on any atom is 0.274 e. The molecule has 1 aliphatic heterocycles. The number of halogens is 1. The minimum Gasteiger partial charge on any atom is -0.238 e. The minimum absolute atomic E-state index is 0.0537. The van der Waals surface area contributed by atoms with Gasteiger partial charge in [0, 0.05) is 23.6 Å². The molecule has 20 heavy (non-hydrogen) atoms. The van der Waals surface area contributed by atoms with Crippen LogP contribution in [0.3, 0.4) is 0 Å². The van der Waals surface area contributed by atoms with Crippen molar-refractivity contribution in [1.82, 2.24) is 9.97 Å². The summed E-state index contributed by atoms with van der Waals surface area (Å²) in [5.74, 6) is 3.06. The van der Waals surface area contributed by atoms with Crippen molar-refractivity contribution in [2.24, 2.45) is 0 Å². The lowest BCUT2D eigenvalue weighted by Gasteiger charge is -2.18. The Labute approximate surface area is 123 Å². The molecule has 0 radical (unpaired) electrons. The molecule has 98 valence electrons. The topological polar surface area (TPSA) is 49.6 Å². The van der Waals surface area contributed by atoms with E-state index < -0.39 is 0 Å². The van der Waals surface area contributed by atoms with Gasteiger partial charge in [-0.05, 0) is 18.3 Å². The van der Waals surface area contributed by atoms with Gasteiger partial charge in [0.15, 0.2) is 0 Å². The highest BCUT2D eigenvalue weighted by molar-refractivity contribution is 6.66. The van der Waals surface area contributed by atoms with E-state index in [0.29, 0.717) is 17.9 Å². The van der Waals surface area contributed by atoms with Crippen molar-refractivity contribution in [1.29, 1.82) is 5.26 Å². The summed E-state index contributed by atoms with van der Waals surface area (Å²) in [6, 6.07) is 10.1. The highest BCUT2D eigenvalue weighted by Crippen LogP contribution is 2.25. The first-order valence-corrected chi connectivity index (χ1v) is 7.12. The summed E-state index contributed by atoms with van der Waals surface area (Å²) < 4.78 is 0. The van der Waals surface area contributed by atoms with Gasteiger partial charge in [0.25, 0.3) is 6.71 Å². The molecule has 0 atom stereocenters. The molecule has 2 heterocycles. The molecule has 0 amide bonds. The second-order valence-corrected chi connectivity index (χ2v) is 5.45. The van der Waals surface area contributed by atoms with E-state index in [2.05, 4.69) is 28.1 Å². The van der Waals surface area contributed by atoms with E-state index in [0.717, 1.165) is 35.4 Å². The zero-order valence-corrected chi connectivity index (χ0v) is 11.8. The second-order valence-electron chi connectivity index (χ2n) is 5.09. The van der Waals surface area contributed by atoms with Gasteiger partial charge in [-0.1, -0.05) is 48.3 Å². The molecule has 0 saturated heterocycles. The van der Waals surface area contributed by atoms with Gasteiger partial charge in [-0.2, -0.15) is 0 Å². The Morgan fingerprint density at radius 3 is 2.80 bits per heavy atom. The molecule has 0 saturated carbocycles. The van der Waals surface area contributed by atoms with E-state index in [1.807, 2.05) is 18.2 Å². The molecule has 0 spiro atoms. The molecule has 1 aromatic heterocycles. The first-order valence-electron chi connectivity index (χ1n) is 6.74. The van der Waals surface area contributed by atoms with Gasteiger partial charge in [0.05, 0.1) is 0 Å². The molecule has 0 N–H and O–H groups in total. The molecular formula is C15H13BClN3. The van der Waals surface area contributed by atoms with Gasteiger partial charge in [0.2, 0.25) is 0 Å². The quantitative estimate of drug-likeness (QED) is 0.628. The lowest BCUT2D eigenvalue weighted by molar-refractivity contribution is 0.874. The van der Waals surface area contributed by atoms with Gasteiger partial charge < -0.3 is 0 Å². The molecule has 0 aliphatic carbocycles. The van der Waals surface area contributed by atoms with Crippen molar-refractivity contribution in [2.75, 3.05) is 0 Å². The maximum atomic E-state index is 9.06. The molecule has 0 bridgehead atoms. The lowest BCUT2D eigenvalue weighted by Crippen LogP contribution is -2.24.